The summed E-state index contributed by atoms with van der Waals surface area (Å²) in [6.45, 7) is 1.90. The van der Waals surface area contributed by atoms with Gasteiger partial charge in [0.25, 0.3) is 0 Å². The zero-order valence-corrected chi connectivity index (χ0v) is 10.8. The standard InChI is InChI=1S/C12H14N4OS/c1-9(12-14-6-7-15-12)16-11(17)8-18-10-2-4-13-5-3-10/h2-7,9H,8H2,1H3,(H,14,15)(H,16,17). The largest absolute Gasteiger partial charge is 0.347 e. The van der Waals surface area contributed by atoms with Crippen LogP contribution in [-0.2, 0) is 4.79 Å². The van der Waals surface area contributed by atoms with Crippen molar-refractivity contribution in [1.82, 2.24) is 20.3 Å². The van der Waals surface area contributed by atoms with E-state index in [1.165, 1.54) is 11.8 Å². The van der Waals surface area contributed by atoms with Crippen LogP contribution in [0, 0.1) is 0 Å². The molecular formula is C12H14N4OS. The number of H-pyrrole nitrogens is 1. The third-order valence-electron chi connectivity index (χ3n) is 2.33. The van der Waals surface area contributed by atoms with Crippen molar-refractivity contribution in [2.24, 2.45) is 0 Å². The summed E-state index contributed by atoms with van der Waals surface area (Å²) < 4.78 is 0. The molecule has 5 nitrogen and oxygen atoms in total. The fourth-order valence-electron chi connectivity index (χ4n) is 1.45. The minimum Gasteiger partial charge on any atom is -0.347 e. The number of rotatable bonds is 5. The number of carbonyl (C=O) groups excluding carboxylic acids is 1. The van der Waals surface area contributed by atoms with E-state index in [0.29, 0.717) is 5.75 Å². The smallest absolute Gasteiger partial charge is 0.230 e. The summed E-state index contributed by atoms with van der Waals surface area (Å²) in [5.74, 6) is 1.13. The molecule has 1 amide bonds. The van der Waals surface area contributed by atoms with Gasteiger partial charge in [-0.05, 0) is 19.1 Å². The number of hydrogen-bond acceptors (Lipinski definition) is 4. The molecule has 2 aromatic rings. The van der Waals surface area contributed by atoms with Crippen LogP contribution in [0.4, 0.5) is 0 Å². The number of imidazole rings is 1. The summed E-state index contributed by atoms with van der Waals surface area (Å²) in [6.07, 6.45) is 6.84. The molecule has 0 radical (unpaired) electrons. The lowest BCUT2D eigenvalue weighted by molar-refractivity contribution is -0.119. The number of nitrogens with one attached hydrogen (secondary N) is 2. The van der Waals surface area contributed by atoms with Gasteiger partial charge in [-0.25, -0.2) is 4.98 Å². The Morgan fingerprint density at radius 1 is 1.44 bits per heavy atom. The predicted molar refractivity (Wildman–Crippen MR) is 70.1 cm³/mol. The van der Waals surface area contributed by atoms with Crippen LogP contribution in [0.3, 0.4) is 0 Å². The lowest BCUT2D eigenvalue weighted by atomic mass is 10.3. The molecule has 0 saturated heterocycles. The summed E-state index contributed by atoms with van der Waals surface area (Å²) in [4.78, 5) is 23.8. The summed E-state index contributed by atoms with van der Waals surface area (Å²) in [5, 5.41) is 2.88. The fraction of sp³-hybridized carbons (Fsp3) is 0.250. The normalized spacial score (nSPS) is 12.1. The van der Waals surface area contributed by atoms with Gasteiger partial charge < -0.3 is 10.3 Å². The Morgan fingerprint density at radius 3 is 2.89 bits per heavy atom. The molecule has 0 aliphatic carbocycles. The number of thioether (sulfide) groups is 1. The average Bonchev–Trinajstić information content (AvgIpc) is 2.91. The first kappa shape index (κ1) is 12.6. The molecule has 0 saturated carbocycles. The number of carbonyl (C=O) groups is 1. The molecule has 1 atom stereocenters. The topological polar surface area (TPSA) is 70.7 Å². The van der Waals surface area contributed by atoms with Gasteiger partial charge in [-0.2, -0.15) is 0 Å². The van der Waals surface area contributed by atoms with Gasteiger partial charge in [-0.3, -0.25) is 9.78 Å². The second-order valence-corrected chi connectivity index (χ2v) is 4.78. The lowest BCUT2D eigenvalue weighted by Gasteiger charge is -2.11. The highest BCUT2D eigenvalue weighted by Gasteiger charge is 2.11. The van der Waals surface area contributed by atoms with Gasteiger partial charge in [-0.1, -0.05) is 0 Å². The van der Waals surface area contributed by atoms with Crippen LogP contribution < -0.4 is 5.32 Å². The van der Waals surface area contributed by atoms with E-state index in [1.54, 1.807) is 24.8 Å². The maximum atomic E-state index is 11.7. The van der Waals surface area contributed by atoms with E-state index in [0.717, 1.165) is 10.7 Å². The van der Waals surface area contributed by atoms with E-state index >= 15 is 0 Å². The molecule has 0 aliphatic heterocycles. The van der Waals surface area contributed by atoms with Gasteiger partial charge >= 0.3 is 0 Å². The average molecular weight is 262 g/mol. The number of aromatic nitrogens is 3. The van der Waals surface area contributed by atoms with Crippen LogP contribution >= 0.6 is 11.8 Å². The number of nitrogens with zero attached hydrogens (tertiary/aromatic N) is 2. The van der Waals surface area contributed by atoms with Crippen LogP contribution in [0.25, 0.3) is 0 Å². The molecule has 2 heterocycles. The molecule has 0 fully saturated rings. The van der Waals surface area contributed by atoms with Gasteiger partial charge in [0.2, 0.25) is 5.91 Å². The van der Waals surface area contributed by atoms with Crippen molar-refractivity contribution < 1.29 is 4.79 Å². The van der Waals surface area contributed by atoms with Crippen molar-refractivity contribution in [3.63, 3.8) is 0 Å². The summed E-state index contributed by atoms with van der Waals surface area (Å²) >= 11 is 1.49. The highest BCUT2D eigenvalue weighted by atomic mass is 32.2. The summed E-state index contributed by atoms with van der Waals surface area (Å²) in [7, 11) is 0. The van der Waals surface area contributed by atoms with E-state index in [-0.39, 0.29) is 11.9 Å². The second kappa shape index (κ2) is 6.20. The molecular weight excluding hydrogens is 248 g/mol. The zero-order valence-electron chi connectivity index (χ0n) is 9.96. The zero-order chi connectivity index (χ0) is 12.8. The Hall–Kier alpha value is -1.82. The number of aromatic amines is 1. The SMILES string of the molecule is CC(NC(=O)CSc1ccncc1)c1ncc[nH]1. The van der Waals surface area contributed by atoms with Gasteiger partial charge in [0, 0.05) is 29.7 Å². The van der Waals surface area contributed by atoms with Gasteiger partial charge in [0.1, 0.15) is 5.82 Å². The van der Waals surface area contributed by atoms with E-state index in [4.69, 9.17) is 0 Å². The maximum Gasteiger partial charge on any atom is 0.230 e. The van der Waals surface area contributed by atoms with Crippen LogP contribution in [0.15, 0.2) is 41.8 Å². The second-order valence-electron chi connectivity index (χ2n) is 3.74. The number of amides is 1. The van der Waals surface area contributed by atoms with E-state index < -0.39 is 0 Å². The van der Waals surface area contributed by atoms with Crippen molar-refractivity contribution in [2.45, 2.75) is 17.9 Å². The Morgan fingerprint density at radius 2 is 2.22 bits per heavy atom. The predicted octanol–water partition coefficient (Wildman–Crippen LogP) is 1.77. The van der Waals surface area contributed by atoms with E-state index in [9.17, 15) is 4.79 Å². The molecule has 2 aromatic heterocycles. The van der Waals surface area contributed by atoms with Crippen LogP contribution in [0.5, 0.6) is 0 Å². The summed E-state index contributed by atoms with van der Waals surface area (Å²) in [5.41, 5.74) is 0. The summed E-state index contributed by atoms with van der Waals surface area (Å²) in [6, 6.07) is 3.66. The molecule has 0 spiro atoms. The Balaban J connectivity index is 1.79. The Bertz CT molecular complexity index is 486. The minimum absolute atomic E-state index is 0.0132. The van der Waals surface area contributed by atoms with Crippen LogP contribution in [-0.4, -0.2) is 26.6 Å². The quantitative estimate of drug-likeness (QED) is 0.806. The van der Waals surface area contributed by atoms with Crippen molar-refractivity contribution in [2.75, 3.05) is 5.75 Å². The first-order valence-corrected chi connectivity index (χ1v) is 6.56. The molecule has 2 rings (SSSR count). The molecule has 18 heavy (non-hydrogen) atoms. The molecule has 2 N–H and O–H groups in total. The van der Waals surface area contributed by atoms with Gasteiger partial charge in [0.15, 0.2) is 0 Å². The molecule has 0 bridgehead atoms. The third kappa shape index (κ3) is 3.59. The molecule has 1 unspecified atom stereocenters. The molecule has 94 valence electrons. The Labute approximate surface area is 109 Å². The monoisotopic (exact) mass is 262 g/mol. The maximum absolute atomic E-state index is 11.7. The van der Waals surface area contributed by atoms with E-state index in [1.807, 2.05) is 19.1 Å². The van der Waals surface area contributed by atoms with Crippen molar-refractivity contribution in [3.8, 4) is 0 Å². The van der Waals surface area contributed by atoms with Gasteiger partial charge in [-0.15, -0.1) is 11.8 Å². The lowest BCUT2D eigenvalue weighted by Crippen LogP contribution is -2.28. The highest BCUT2D eigenvalue weighted by Crippen LogP contribution is 2.16. The minimum atomic E-state index is -0.106. The van der Waals surface area contributed by atoms with Gasteiger partial charge in [0.05, 0.1) is 11.8 Å². The third-order valence-corrected chi connectivity index (χ3v) is 3.34. The molecule has 0 aromatic carbocycles. The van der Waals surface area contributed by atoms with Crippen LogP contribution in [0.1, 0.15) is 18.8 Å². The fourth-order valence-corrected chi connectivity index (χ4v) is 2.14. The number of pyridine rings is 1. The van der Waals surface area contributed by atoms with Crippen molar-refractivity contribution >= 4 is 17.7 Å². The Kier molecular flexibility index (Phi) is 4.35. The molecule has 0 aliphatic rings. The first-order valence-electron chi connectivity index (χ1n) is 5.57. The molecule has 6 heteroatoms. The van der Waals surface area contributed by atoms with Crippen molar-refractivity contribution in [1.29, 1.82) is 0 Å². The first-order chi connectivity index (χ1) is 8.75. The highest BCUT2D eigenvalue weighted by molar-refractivity contribution is 8.00. The van der Waals surface area contributed by atoms with Crippen molar-refractivity contribution in [3.05, 3.63) is 42.7 Å². The van der Waals surface area contributed by atoms with Crippen LogP contribution in [0.2, 0.25) is 0 Å². The van der Waals surface area contributed by atoms with E-state index in [2.05, 4.69) is 20.3 Å². The number of hydrogen-bond donors (Lipinski definition) is 2.